The Balaban J connectivity index is 2.26. The Labute approximate surface area is 107 Å². The fraction of sp³-hybridized carbons (Fsp3) is 0.500. The number of hydrogen-bond donors (Lipinski definition) is 2. The molecule has 0 atom stereocenters. The first-order chi connectivity index (χ1) is 8.50. The standard InChI is InChI=1S/C14H19NO3/c1-10-3-4-11(13(16)17)12(9-10)15-14(2)5-7-18-8-6-14/h3-4,9,15H,5-8H2,1-2H3,(H,16,17). The van der Waals surface area contributed by atoms with Crippen molar-refractivity contribution in [2.24, 2.45) is 0 Å². The molecular formula is C14H19NO3. The van der Waals surface area contributed by atoms with E-state index in [1.54, 1.807) is 6.07 Å². The van der Waals surface area contributed by atoms with Crippen molar-refractivity contribution in [1.82, 2.24) is 0 Å². The predicted molar refractivity (Wildman–Crippen MR) is 70.2 cm³/mol. The van der Waals surface area contributed by atoms with Crippen molar-refractivity contribution in [3.8, 4) is 0 Å². The third-order valence-electron chi connectivity index (χ3n) is 3.44. The van der Waals surface area contributed by atoms with Gasteiger partial charge in [-0.15, -0.1) is 0 Å². The molecule has 1 fully saturated rings. The Morgan fingerprint density at radius 2 is 2.06 bits per heavy atom. The van der Waals surface area contributed by atoms with Gasteiger partial charge in [0.25, 0.3) is 0 Å². The van der Waals surface area contributed by atoms with Crippen molar-refractivity contribution in [2.75, 3.05) is 18.5 Å². The van der Waals surface area contributed by atoms with Crippen LogP contribution in [0.25, 0.3) is 0 Å². The van der Waals surface area contributed by atoms with Gasteiger partial charge in [0.1, 0.15) is 0 Å². The van der Waals surface area contributed by atoms with Gasteiger partial charge in [-0.05, 0) is 44.4 Å². The normalized spacial score (nSPS) is 18.3. The molecule has 18 heavy (non-hydrogen) atoms. The average molecular weight is 249 g/mol. The minimum atomic E-state index is -0.895. The maximum Gasteiger partial charge on any atom is 0.337 e. The van der Waals surface area contributed by atoms with Gasteiger partial charge in [0.15, 0.2) is 0 Å². The molecule has 1 aliphatic heterocycles. The number of carboxylic acids is 1. The zero-order chi connectivity index (χ0) is 13.2. The van der Waals surface area contributed by atoms with Crippen molar-refractivity contribution in [3.05, 3.63) is 29.3 Å². The van der Waals surface area contributed by atoms with Gasteiger partial charge in [0.05, 0.1) is 5.56 Å². The van der Waals surface area contributed by atoms with Crippen molar-refractivity contribution in [3.63, 3.8) is 0 Å². The molecule has 1 heterocycles. The monoisotopic (exact) mass is 249 g/mol. The molecule has 2 N–H and O–H groups in total. The minimum absolute atomic E-state index is 0.0871. The van der Waals surface area contributed by atoms with E-state index in [2.05, 4.69) is 12.2 Å². The molecular weight excluding hydrogens is 230 g/mol. The number of aryl methyl sites for hydroxylation is 1. The van der Waals surface area contributed by atoms with Crippen molar-refractivity contribution in [2.45, 2.75) is 32.2 Å². The zero-order valence-electron chi connectivity index (χ0n) is 10.8. The summed E-state index contributed by atoms with van der Waals surface area (Å²) in [4.78, 5) is 11.2. The van der Waals surface area contributed by atoms with Crippen LogP contribution in [-0.4, -0.2) is 29.8 Å². The molecule has 4 nitrogen and oxygen atoms in total. The highest BCUT2D eigenvalue weighted by Gasteiger charge is 2.28. The first-order valence-corrected chi connectivity index (χ1v) is 6.20. The Bertz CT molecular complexity index is 450. The van der Waals surface area contributed by atoms with E-state index in [0.29, 0.717) is 11.3 Å². The second-order valence-electron chi connectivity index (χ2n) is 5.15. The number of aromatic carboxylic acids is 1. The summed E-state index contributed by atoms with van der Waals surface area (Å²) in [6.07, 6.45) is 1.78. The van der Waals surface area contributed by atoms with Crippen LogP contribution >= 0.6 is 0 Å². The molecule has 0 spiro atoms. The van der Waals surface area contributed by atoms with E-state index >= 15 is 0 Å². The number of rotatable bonds is 3. The summed E-state index contributed by atoms with van der Waals surface area (Å²) in [6, 6.07) is 5.37. The first kappa shape index (κ1) is 12.9. The molecule has 0 aromatic heterocycles. The van der Waals surface area contributed by atoms with E-state index in [4.69, 9.17) is 4.74 Å². The van der Waals surface area contributed by atoms with Gasteiger partial charge >= 0.3 is 5.97 Å². The van der Waals surface area contributed by atoms with E-state index in [9.17, 15) is 9.90 Å². The second kappa shape index (κ2) is 4.98. The van der Waals surface area contributed by atoms with Gasteiger partial charge in [-0.1, -0.05) is 6.07 Å². The summed E-state index contributed by atoms with van der Waals surface area (Å²) in [5.74, 6) is -0.895. The van der Waals surface area contributed by atoms with Crippen molar-refractivity contribution in [1.29, 1.82) is 0 Å². The minimum Gasteiger partial charge on any atom is -0.478 e. The third kappa shape index (κ3) is 2.82. The Kier molecular flexibility index (Phi) is 3.57. The van der Waals surface area contributed by atoms with Crippen LogP contribution in [0.1, 0.15) is 35.7 Å². The first-order valence-electron chi connectivity index (χ1n) is 6.20. The van der Waals surface area contributed by atoms with Crippen LogP contribution in [0.15, 0.2) is 18.2 Å². The van der Waals surface area contributed by atoms with Crippen molar-refractivity contribution >= 4 is 11.7 Å². The fourth-order valence-corrected chi connectivity index (χ4v) is 2.22. The lowest BCUT2D eigenvalue weighted by Crippen LogP contribution is -2.41. The van der Waals surface area contributed by atoms with Crippen LogP contribution in [0, 0.1) is 6.92 Å². The Morgan fingerprint density at radius 1 is 1.39 bits per heavy atom. The van der Waals surface area contributed by atoms with E-state index < -0.39 is 5.97 Å². The van der Waals surface area contributed by atoms with Gasteiger partial charge in [-0.3, -0.25) is 0 Å². The predicted octanol–water partition coefficient (Wildman–Crippen LogP) is 2.67. The summed E-state index contributed by atoms with van der Waals surface area (Å²) in [5.41, 5.74) is 1.99. The Morgan fingerprint density at radius 3 is 2.67 bits per heavy atom. The molecule has 0 amide bonds. The fourth-order valence-electron chi connectivity index (χ4n) is 2.22. The van der Waals surface area contributed by atoms with Crippen LogP contribution in [0.3, 0.4) is 0 Å². The Hall–Kier alpha value is -1.55. The SMILES string of the molecule is Cc1ccc(C(=O)O)c(NC2(C)CCOCC2)c1. The number of carbonyl (C=O) groups is 1. The third-order valence-corrected chi connectivity index (χ3v) is 3.44. The lowest BCUT2D eigenvalue weighted by molar-refractivity contribution is 0.0655. The van der Waals surface area contributed by atoms with Crippen LogP contribution in [-0.2, 0) is 4.74 Å². The molecule has 0 saturated carbocycles. The highest BCUT2D eigenvalue weighted by molar-refractivity contribution is 5.94. The van der Waals surface area contributed by atoms with E-state index in [0.717, 1.165) is 31.6 Å². The lowest BCUT2D eigenvalue weighted by atomic mass is 9.91. The summed E-state index contributed by atoms with van der Waals surface area (Å²) < 4.78 is 5.35. The molecule has 1 aliphatic rings. The maximum absolute atomic E-state index is 11.2. The average Bonchev–Trinajstić information content (AvgIpc) is 2.28. The van der Waals surface area contributed by atoms with Gasteiger partial charge in [0.2, 0.25) is 0 Å². The summed E-state index contributed by atoms with van der Waals surface area (Å²) in [7, 11) is 0. The number of carboxylic acid groups (broad SMARTS) is 1. The quantitative estimate of drug-likeness (QED) is 0.864. The summed E-state index contributed by atoms with van der Waals surface area (Å²) in [5, 5.41) is 12.6. The zero-order valence-corrected chi connectivity index (χ0v) is 10.8. The number of nitrogens with one attached hydrogen (secondary N) is 1. The highest BCUT2D eigenvalue weighted by Crippen LogP contribution is 2.28. The molecule has 0 radical (unpaired) electrons. The molecule has 1 aromatic rings. The van der Waals surface area contributed by atoms with E-state index in [1.165, 1.54) is 0 Å². The number of benzene rings is 1. The lowest BCUT2D eigenvalue weighted by Gasteiger charge is -2.36. The van der Waals surface area contributed by atoms with E-state index in [1.807, 2.05) is 19.1 Å². The van der Waals surface area contributed by atoms with Gasteiger partial charge in [0, 0.05) is 24.4 Å². The summed E-state index contributed by atoms with van der Waals surface area (Å²) >= 11 is 0. The highest BCUT2D eigenvalue weighted by atomic mass is 16.5. The second-order valence-corrected chi connectivity index (χ2v) is 5.15. The van der Waals surface area contributed by atoms with Gasteiger partial charge in [-0.25, -0.2) is 4.79 Å². The molecule has 0 aliphatic carbocycles. The van der Waals surface area contributed by atoms with Gasteiger partial charge < -0.3 is 15.2 Å². The van der Waals surface area contributed by atoms with Crippen LogP contribution in [0.2, 0.25) is 0 Å². The molecule has 1 saturated heterocycles. The van der Waals surface area contributed by atoms with E-state index in [-0.39, 0.29) is 5.54 Å². The number of ether oxygens (including phenoxy) is 1. The number of anilines is 1. The molecule has 0 bridgehead atoms. The molecule has 4 heteroatoms. The van der Waals surface area contributed by atoms with Gasteiger partial charge in [-0.2, -0.15) is 0 Å². The van der Waals surface area contributed by atoms with Crippen LogP contribution in [0.4, 0.5) is 5.69 Å². The van der Waals surface area contributed by atoms with Crippen LogP contribution in [0.5, 0.6) is 0 Å². The molecule has 1 aromatic carbocycles. The molecule has 2 rings (SSSR count). The largest absolute Gasteiger partial charge is 0.478 e. The molecule has 0 unspecified atom stereocenters. The summed E-state index contributed by atoms with van der Waals surface area (Å²) in [6.45, 7) is 5.52. The topological polar surface area (TPSA) is 58.6 Å². The van der Waals surface area contributed by atoms with Crippen LogP contribution < -0.4 is 5.32 Å². The smallest absolute Gasteiger partial charge is 0.337 e. The molecule has 98 valence electrons. The van der Waals surface area contributed by atoms with Crippen molar-refractivity contribution < 1.29 is 14.6 Å². The number of hydrogen-bond acceptors (Lipinski definition) is 3. The maximum atomic E-state index is 11.2.